The third-order valence-electron chi connectivity index (χ3n) is 4.06. The number of nitrogens with zero attached hydrogens (tertiary/aromatic N) is 4. The summed E-state index contributed by atoms with van der Waals surface area (Å²) in [6.07, 6.45) is 5.89. The highest BCUT2D eigenvalue weighted by molar-refractivity contribution is 5.82. The summed E-state index contributed by atoms with van der Waals surface area (Å²) in [5.74, 6) is 0.240. The first-order valence-corrected chi connectivity index (χ1v) is 8.86. The average molecular weight is 369 g/mol. The second-order valence-electron chi connectivity index (χ2n) is 7.41. The fourth-order valence-corrected chi connectivity index (χ4v) is 3.11. The van der Waals surface area contributed by atoms with Crippen LogP contribution in [0.1, 0.15) is 38.4 Å². The zero-order valence-corrected chi connectivity index (χ0v) is 15.7. The van der Waals surface area contributed by atoms with Gasteiger partial charge in [-0.2, -0.15) is 5.06 Å². The molecule has 0 saturated heterocycles. The van der Waals surface area contributed by atoms with Crippen LogP contribution < -0.4 is 10.4 Å². The molecule has 2 aromatic rings. The normalized spacial score (nSPS) is 13.0. The summed E-state index contributed by atoms with van der Waals surface area (Å²) in [6, 6.07) is 3.50. The lowest BCUT2D eigenvalue weighted by atomic mass is 10.1. The summed E-state index contributed by atoms with van der Waals surface area (Å²) in [5, 5.41) is 4.19. The minimum Gasteiger partial charge on any atom is -0.350 e. The van der Waals surface area contributed by atoms with Crippen molar-refractivity contribution in [2.45, 2.75) is 45.6 Å². The summed E-state index contributed by atoms with van der Waals surface area (Å²) in [4.78, 5) is 41.8. The maximum Gasteiger partial charge on any atom is 0.320 e. The van der Waals surface area contributed by atoms with E-state index in [-0.39, 0.29) is 18.0 Å². The lowest BCUT2D eigenvalue weighted by Gasteiger charge is -2.26. The lowest BCUT2D eigenvalue weighted by Crippen LogP contribution is -2.46. The van der Waals surface area contributed by atoms with Gasteiger partial charge in [0.05, 0.1) is 5.69 Å². The van der Waals surface area contributed by atoms with Crippen LogP contribution in [0.3, 0.4) is 0 Å². The first-order valence-electron chi connectivity index (χ1n) is 8.86. The number of anilines is 1. The number of fused-ring (bicyclic) bond motifs is 1. The summed E-state index contributed by atoms with van der Waals surface area (Å²) in [6.45, 7) is 5.90. The molecule has 0 unspecified atom stereocenters. The molecule has 0 spiro atoms. The van der Waals surface area contributed by atoms with Gasteiger partial charge in [-0.1, -0.05) is 0 Å². The summed E-state index contributed by atoms with van der Waals surface area (Å²) in [7, 11) is 0. The van der Waals surface area contributed by atoms with Gasteiger partial charge in [0.1, 0.15) is 12.2 Å². The van der Waals surface area contributed by atoms with Crippen LogP contribution in [-0.4, -0.2) is 39.4 Å². The van der Waals surface area contributed by atoms with Crippen molar-refractivity contribution in [1.29, 1.82) is 0 Å². The van der Waals surface area contributed by atoms with Gasteiger partial charge in [-0.05, 0) is 52.2 Å². The van der Waals surface area contributed by atoms with E-state index in [4.69, 9.17) is 4.84 Å². The molecule has 1 aliphatic rings. The molecule has 142 valence electrons. The zero-order chi connectivity index (χ0) is 19.4. The predicted molar refractivity (Wildman–Crippen MR) is 99.7 cm³/mol. The average Bonchev–Trinajstić information content (AvgIpc) is 3.08. The quantitative estimate of drug-likeness (QED) is 0.613. The van der Waals surface area contributed by atoms with Crippen LogP contribution in [0.25, 0.3) is 11.5 Å². The van der Waals surface area contributed by atoms with Crippen LogP contribution in [-0.2, 0) is 27.3 Å². The number of carbonyl (C=O) groups is 2. The number of pyridine rings is 1. The molecule has 2 aromatic heterocycles. The molecule has 0 aliphatic heterocycles. The molecule has 3 rings (SSSR count). The Labute approximate surface area is 157 Å². The van der Waals surface area contributed by atoms with Crippen molar-refractivity contribution in [2.75, 3.05) is 11.6 Å². The first kappa shape index (κ1) is 18.8. The van der Waals surface area contributed by atoms with E-state index in [2.05, 4.69) is 20.3 Å². The van der Waals surface area contributed by atoms with Gasteiger partial charge in [-0.3, -0.25) is 9.59 Å². The van der Waals surface area contributed by atoms with E-state index in [1.807, 2.05) is 20.8 Å². The van der Waals surface area contributed by atoms with E-state index in [0.717, 1.165) is 30.5 Å². The number of hydrogen-bond acceptors (Lipinski definition) is 7. The van der Waals surface area contributed by atoms with Crippen LogP contribution in [0.5, 0.6) is 0 Å². The molecule has 2 heterocycles. The highest BCUT2D eigenvalue weighted by atomic mass is 16.7. The zero-order valence-electron chi connectivity index (χ0n) is 15.7. The highest BCUT2D eigenvalue weighted by Gasteiger charge is 2.26. The van der Waals surface area contributed by atoms with E-state index in [9.17, 15) is 9.59 Å². The van der Waals surface area contributed by atoms with Crippen LogP contribution in [0, 0.1) is 0 Å². The van der Waals surface area contributed by atoms with Crippen molar-refractivity contribution >= 4 is 18.1 Å². The third kappa shape index (κ3) is 4.58. The number of carbonyl (C=O) groups excluding carboxylic acids is 2. The van der Waals surface area contributed by atoms with Crippen molar-refractivity contribution in [1.82, 2.24) is 20.3 Å². The lowest BCUT2D eigenvalue weighted by molar-refractivity contribution is -0.131. The first-order chi connectivity index (χ1) is 12.9. The minimum absolute atomic E-state index is 0.110. The Hall–Kier alpha value is -3.03. The Morgan fingerprint density at radius 2 is 2.04 bits per heavy atom. The predicted octanol–water partition coefficient (Wildman–Crippen LogP) is 1.84. The highest BCUT2D eigenvalue weighted by Crippen LogP contribution is 2.33. The standard InChI is InChI=1S/C19H23N5O3/c1-19(2,3)23-17(26)11-24(27-12-25)16-10-15(18-20-8-5-9-21-18)22-14-7-4-6-13(14)16/h5,8-10,12H,4,6-7,11H2,1-3H3,(H,23,26). The molecule has 1 N–H and O–H groups in total. The Balaban J connectivity index is 1.97. The van der Waals surface area contributed by atoms with Crippen molar-refractivity contribution < 1.29 is 14.4 Å². The van der Waals surface area contributed by atoms with Gasteiger partial charge in [0.25, 0.3) is 0 Å². The fourth-order valence-electron chi connectivity index (χ4n) is 3.11. The molecule has 0 atom stereocenters. The molecule has 1 aliphatic carbocycles. The van der Waals surface area contributed by atoms with Gasteiger partial charge in [0.2, 0.25) is 5.91 Å². The molecule has 1 amide bonds. The smallest absolute Gasteiger partial charge is 0.320 e. The van der Waals surface area contributed by atoms with E-state index in [1.54, 1.807) is 24.5 Å². The van der Waals surface area contributed by atoms with E-state index < -0.39 is 0 Å². The van der Waals surface area contributed by atoms with Crippen LogP contribution in [0.2, 0.25) is 0 Å². The molecule has 0 bridgehead atoms. The molecular formula is C19H23N5O3. The molecular weight excluding hydrogens is 346 g/mol. The fraction of sp³-hybridized carbons (Fsp3) is 0.421. The Kier molecular flexibility index (Phi) is 5.34. The van der Waals surface area contributed by atoms with Crippen molar-refractivity contribution in [2.24, 2.45) is 0 Å². The van der Waals surface area contributed by atoms with Crippen LogP contribution in [0.15, 0.2) is 24.5 Å². The number of aryl methyl sites for hydroxylation is 1. The Bertz CT molecular complexity index is 833. The monoisotopic (exact) mass is 369 g/mol. The maximum absolute atomic E-state index is 12.4. The maximum atomic E-state index is 12.4. The second-order valence-corrected chi connectivity index (χ2v) is 7.41. The SMILES string of the molecule is CC(C)(C)NC(=O)CN(OC=O)c1cc(-c2ncccn2)nc2c1CCC2. The molecule has 0 fully saturated rings. The largest absolute Gasteiger partial charge is 0.350 e. The number of aromatic nitrogens is 3. The van der Waals surface area contributed by atoms with Crippen molar-refractivity contribution in [3.8, 4) is 11.5 Å². The van der Waals surface area contributed by atoms with Gasteiger partial charge >= 0.3 is 6.47 Å². The van der Waals surface area contributed by atoms with Gasteiger partial charge < -0.3 is 10.2 Å². The van der Waals surface area contributed by atoms with Gasteiger partial charge in [-0.15, -0.1) is 0 Å². The Morgan fingerprint density at radius 3 is 2.70 bits per heavy atom. The molecule has 0 radical (unpaired) electrons. The minimum atomic E-state index is -0.382. The number of hydrogen-bond donors (Lipinski definition) is 1. The second kappa shape index (κ2) is 7.69. The number of rotatable bonds is 6. The van der Waals surface area contributed by atoms with Crippen molar-refractivity contribution in [3.63, 3.8) is 0 Å². The summed E-state index contributed by atoms with van der Waals surface area (Å²) < 4.78 is 0. The molecule has 8 nitrogen and oxygen atoms in total. The Morgan fingerprint density at radius 1 is 1.30 bits per heavy atom. The van der Waals surface area contributed by atoms with Gasteiger partial charge in [0, 0.05) is 29.2 Å². The number of amides is 1. The van der Waals surface area contributed by atoms with Gasteiger partial charge in [-0.25, -0.2) is 15.0 Å². The molecule has 0 aromatic carbocycles. The van der Waals surface area contributed by atoms with Crippen molar-refractivity contribution in [3.05, 3.63) is 35.8 Å². The van der Waals surface area contributed by atoms with E-state index >= 15 is 0 Å². The summed E-state index contributed by atoms with van der Waals surface area (Å²) in [5.41, 5.74) is 2.76. The third-order valence-corrected chi connectivity index (χ3v) is 4.06. The molecule has 27 heavy (non-hydrogen) atoms. The molecule has 0 saturated carbocycles. The molecule has 8 heteroatoms. The topological polar surface area (TPSA) is 97.3 Å². The van der Waals surface area contributed by atoms with Crippen LogP contribution >= 0.6 is 0 Å². The van der Waals surface area contributed by atoms with Crippen LogP contribution in [0.4, 0.5) is 5.69 Å². The number of hydroxylamine groups is 1. The van der Waals surface area contributed by atoms with Gasteiger partial charge in [0.15, 0.2) is 5.82 Å². The number of nitrogens with one attached hydrogen (secondary N) is 1. The van der Waals surface area contributed by atoms with E-state index in [1.165, 1.54) is 5.06 Å². The van der Waals surface area contributed by atoms with E-state index in [0.29, 0.717) is 23.7 Å². The summed E-state index contributed by atoms with van der Waals surface area (Å²) >= 11 is 0.